The highest BCUT2D eigenvalue weighted by atomic mass is 16.5. The predicted molar refractivity (Wildman–Crippen MR) is 73.8 cm³/mol. The summed E-state index contributed by atoms with van der Waals surface area (Å²) in [5.74, 6) is 0.946. The smallest absolute Gasteiger partial charge is 0.303 e. The molecule has 0 saturated heterocycles. The van der Waals surface area contributed by atoms with Gasteiger partial charge in [0.05, 0.1) is 13.2 Å². The first-order valence-corrected chi connectivity index (χ1v) is 6.80. The molecule has 0 radical (unpaired) electrons. The summed E-state index contributed by atoms with van der Waals surface area (Å²) in [5, 5.41) is 8.49. The molecule has 4 nitrogen and oxygen atoms in total. The molecule has 0 heterocycles. The maximum absolute atomic E-state index is 10.3. The molecule has 0 atom stereocenters. The molecule has 0 aliphatic heterocycles. The predicted octanol–water partition coefficient (Wildman–Crippen LogP) is 3.50. The molecule has 0 aromatic heterocycles. The molecule has 1 N–H and O–H groups in total. The standard InChI is InChI=1S/C15H22O4/c1-2-11-18-13-7-9-14(10-8-13)19-12-5-3-4-6-15(16)17/h7-10H,2-6,11-12H2,1H3,(H,16,17). The van der Waals surface area contributed by atoms with Crippen LogP contribution < -0.4 is 9.47 Å². The third-order valence-electron chi connectivity index (χ3n) is 2.60. The normalized spacial score (nSPS) is 10.2. The summed E-state index contributed by atoms with van der Waals surface area (Å²) >= 11 is 0. The molecule has 0 aliphatic carbocycles. The van der Waals surface area contributed by atoms with Gasteiger partial charge in [-0.25, -0.2) is 0 Å². The second kappa shape index (κ2) is 9.25. The van der Waals surface area contributed by atoms with Gasteiger partial charge in [0, 0.05) is 6.42 Å². The van der Waals surface area contributed by atoms with Gasteiger partial charge in [-0.3, -0.25) is 4.79 Å². The number of benzene rings is 1. The SMILES string of the molecule is CCCOc1ccc(OCCCCCC(=O)O)cc1. The van der Waals surface area contributed by atoms with Crippen LogP contribution in [0.3, 0.4) is 0 Å². The Morgan fingerprint density at radius 2 is 1.58 bits per heavy atom. The molecule has 106 valence electrons. The monoisotopic (exact) mass is 266 g/mol. The van der Waals surface area contributed by atoms with E-state index in [4.69, 9.17) is 14.6 Å². The lowest BCUT2D eigenvalue weighted by molar-refractivity contribution is -0.137. The Morgan fingerprint density at radius 3 is 2.11 bits per heavy atom. The summed E-state index contributed by atoms with van der Waals surface area (Å²) in [6, 6.07) is 7.58. The number of ether oxygens (including phenoxy) is 2. The Morgan fingerprint density at radius 1 is 1.00 bits per heavy atom. The van der Waals surface area contributed by atoms with E-state index in [0.717, 1.165) is 37.4 Å². The Bertz CT molecular complexity index is 359. The Kier molecular flexibility index (Phi) is 7.47. The topological polar surface area (TPSA) is 55.8 Å². The van der Waals surface area contributed by atoms with Gasteiger partial charge in [-0.15, -0.1) is 0 Å². The molecule has 1 aromatic carbocycles. The molecule has 0 saturated carbocycles. The summed E-state index contributed by atoms with van der Waals surface area (Å²) in [4.78, 5) is 10.3. The van der Waals surface area contributed by atoms with E-state index >= 15 is 0 Å². The number of carbonyl (C=O) groups is 1. The Labute approximate surface area is 114 Å². The zero-order valence-corrected chi connectivity index (χ0v) is 11.4. The van der Waals surface area contributed by atoms with Crippen molar-refractivity contribution in [3.8, 4) is 11.5 Å². The van der Waals surface area contributed by atoms with E-state index in [1.807, 2.05) is 24.3 Å². The van der Waals surface area contributed by atoms with Gasteiger partial charge < -0.3 is 14.6 Å². The molecule has 19 heavy (non-hydrogen) atoms. The van der Waals surface area contributed by atoms with Crippen molar-refractivity contribution in [1.82, 2.24) is 0 Å². The van der Waals surface area contributed by atoms with E-state index in [0.29, 0.717) is 13.0 Å². The average molecular weight is 266 g/mol. The molecule has 0 bridgehead atoms. The summed E-state index contributed by atoms with van der Waals surface area (Å²) in [6.07, 6.45) is 3.70. The first-order valence-electron chi connectivity index (χ1n) is 6.80. The van der Waals surface area contributed by atoms with Crippen molar-refractivity contribution in [3.63, 3.8) is 0 Å². The quantitative estimate of drug-likeness (QED) is 0.658. The fourth-order valence-electron chi connectivity index (χ4n) is 1.60. The zero-order chi connectivity index (χ0) is 13.9. The van der Waals surface area contributed by atoms with Gasteiger partial charge in [0.1, 0.15) is 11.5 Å². The van der Waals surface area contributed by atoms with Crippen LogP contribution in [0.4, 0.5) is 0 Å². The summed E-state index contributed by atoms with van der Waals surface area (Å²) < 4.78 is 11.0. The van der Waals surface area contributed by atoms with E-state index in [1.165, 1.54) is 0 Å². The molecule has 4 heteroatoms. The second-order valence-electron chi connectivity index (χ2n) is 4.37. The van der Waals surface area contributed by atoms with Crippen LogP contribution in [-0.2, 0) is 4.79 Å². The number of hydrogen-bond donors (Lipinski definition) is 1. The van der Waals surface area contributed by atoms with Crippen LogP contribution in [0.25, 0.3) is 0 Å². The van der Waals surface area contributed by atoms with Crippen LogP contribution in [-0.4, -0.2) is 24.3 Å². The molecule has 1 aromatic rings. The Hall–Kier alpha value is -1.71. The van der Waals surface area contributed by atoms with Gasteiger partial charge in [-0.05, 0) is 49.9 Å². The van der Waals surface area contributed by atoms with Crippen LogP contribution in [0.2, 0.25) is 0 Å². The molecule has 0 spiro atoms. The highest BCUT2D eigenvalue weighted by Gasteiger charge is 1.98. The van der Waals surface area contributed by atoms with Crippen LogP contribution in [0.15, 0.2) is 24.3 Å². The van der Waals surface area contributed by atoms with E-state index in [9.17, 15) is 4.79 Å². The average Bonchev–Trinajstić information content (AvgIpc) is 2.41. The van der Waals surface area contributed by atoms with Crippen molar-refractivity contribution < 1.29 is 19.4 Å². The van der Waals surface area contributed by atoms with Gasteiger partial charge in [0.2, 0.25) is 0 Å². The number of hydrogen-bond acceptors (Lipinski definition) is 3. The lowest BCUT2D eigenvalue weighted by atomic mass is 10.2. The second-order valence-corrected chi connectivity index (χ2v) is 4.37. The molecular formula is C15H22O4. The minimum absolute atomic E-state index is 0.240. The van der Waals surface area contributed by atoms with Crippen LogP contribution in [0.1, 0.15) is 39.0 Å². The van der Waals surface area contributed by atoms with E-state index in [-0.39, 0.29) is 6.42 Å². The van der Waals surface area contributed by atoms with Gasteiger partial charge in [-0.2, -0.15) is 0 Å². The van der Waals surface area contributed by atoms with Crippen LogP contribution in [0.5, 0.6) is 11.5 Å². The zero-order valence-electron chi connectivity index (χ0n) is 11.4. The van der Waals surface area contributed by atoms with E-state index < -0.39 is 5.97 Å². The highest BCUT2D eigenvalue weighted by molar-refractivity contribution is 5.66. The van der Waals surface area contributed by atoms with Crippen molar-refractivity contribution in [3.05, 3.63) is 24.3 Å². The van der Waals surface area contributed by atoms with Crippen molar-refractivity contribution >= 4 is 5.97 Å². The van der Waals surface area contributed by atoms with Gasteiger partial charge >= 0.3 is 5.97 Å². The number of carboxylic acid groups (broad SMARTS) is 1. The maximum Gasteiger partial charge on any atom is 0.303 e. The number of carboxylic acids is 1. The minimum atomic E-state index is -0.733. The molecule has 0 fully saturated rings. The fraction of sp³-hybridized carbons (Fsp3) is 0.533. The third kappa shape index (κ3) is 7.34. The molecule has 0 amide bonds. The first-order chi connectivity index (χ1) is 9.22. The largest absolute Gasteiger partial charge is 0.494 e. The molecule has 0 unspecified atom stereocenters. The summed E-state index contributed by atoms with van der Waals surface area (Å²) in [6.45, 7) is 3.42. The van der Waals surface area contributed by atoms with Crippen molar-refractivity contribution in [1.29, 1.82) is 0 Å². The molecule has 1 rings (SSSR count). The molecule has 0 aliphatic rings. The van der Waals surface area contributed by atoms with Gasteiger partial charge in [0.15, 0.2) is 0 Å². The number of rotatable bonds is 10. The van der Waals surface area contributed by atoms with E-state index in [1.54, 1.807) is 0 Å². The maximum atomic E-state index is 10.3. The number of aliphatic carboxylic acids is 1. The van der Waals surface area contributed by atoms with Crippen LogP contribution >= 0.6 is 0 Å². The highest BCUT2D eigenvalue weighted by Crippen LogP contribution is 2.18. The van der Waals surface area contributed by atoms with Crippen LogP contribution in [0, 0.1) is 0 Å². The summed E-state index contributed by atoms with van der Waals surface area (Å²) in [5.41, 5.74) is 0. The van der Waals surface area contributed by atoms with Crippen molar-refractivity contribution in [2.24, 2.45) is 0 Å². The number of unbranched alkanes of at least 4 members (excludes halogenated alkanes) is 2. The van der Waals surface area contributed by atoms with Gasteiger partial charge in [0.25, 0.3) is 0 Å². The minimum Gasteiger partial charge on any atom is -0.494 e. The van der Waals surface area contributed by atoms with Crippen molar-refractivity contribution in [2.75, 3.05) is 13.2 Å². The van der Waals surface area contributed by atoms with Gasteiger partial charge in [-0.1, -0.05) is 6.92 Å². The third-order valence-corrected chi connectivity index (χ3v) is 2.60. The first kappa shape index (κ1) is 15.3. The summed E-state index contributed by atoms with van der Waals surface area (Å²) in [7, 11) is 0. The lowest BCUT2D eigenvalue weighted by Crippen LogP contribution is -1.99. The molecular weight excluding hydrogens is 244 g/mol. The lowest BCUT2D eigenvalue weighted by Gasteiger charge is -2.08. The van der Waals surface area contributed by atoms with E-state index in [2.05, 4.69) is 6.92 Å². The van der Waals surface area contributed by atoms with Crippen molar-refractivity contribution in [2.45, 2.75) is 39.0 Å². The fourth-order valence-corrected chi connectivity index (χ4v) is 1.60. The Balaban J connectivity index is 2.14.